The van der Waals surface area contributed by atoms with Crippen molar-refractivity contribution in [2.45, 2.75) is 50.5 Å². The number of hydrogen-bond donors (Lipinski definition) is 1. The SMILES string of the molecule is CC(=O)c1ccc(S(=O)(=O)NCc2ccc(C(=O)N3CCN(CC4CCCCC4)CC3)cc2)cc1. The highest BCUT2D eigenvalue weighted by Gasteiger charge is 2.24. The lowest BCUT2D eigenvalue weighted by Gasteiger charge is -2.37. The highest BCUT2D eigenvalue weighted by molar-refractivity contribution is 7.89. The molecule has 2 aromatic rings. The van der Waals surface area contributed by atoms with Crippen LogP contribution in [0.3, 0.4) is 0 Å². The monoisotopic (exact) mass is 497 g/mol. The Morgan fingerprint density at radius 2 is 1.46 bits per heavy atom. The lowest BCUT2D eigenvalue weighted by Crippen LogP contribution is -2.49. The molecular formula is C27H35N3O4S. The molecule has 0 spiro atoms. The summed E-state index contributed by atoms with van der Waals surface area (Å²) >= 11 is 0. The first-order valence-electron chi connectivity index (χ1n) is 12.5. The van der Waals surface area contributed by atoms with Gasteiger partial charge in [0.25, 0.3) is 5.91 Å². The number of amides is 1. The topological polar surface area (TPSA) is 86.8 Å². The summed E-state index contributed by atoms with van der Waals surface area (Å²) in [5.41, 5.74) is 1.86. The van der Waals surface area contributed by atoms with Gasteiger partial charge >= 0.3 is 0 Å². The summed E-state index contributed by atoms with van der Waals surface area (Å²) in [5.74, 6) is 0.730. The number of rotatable bonds is 8. The molecule has 4 rings (SSSR count). The Bertz CT molecular complexity index is 1120. The molecule has 0 aromatic heterocycles. The van der Waals surface area contributed by atoms with Crippen molar-refractivity contribution in [2.75, 3.05) is 32.7 Å². The van der Waals surface area contributed by atoms with Gasteiger partial charge in [-0.3, -0.25) is 14.5 Å². The number of piperazine rings is 1. The number of sulfonamides is 1. The van der Waals surface area contributed by atoms with Crippen molar-refractivity contribution >= 4 is 21.7 Å². The molecule has 0 unspecified atom stereocenters. The summed E-state index contributed by atoms with van der Waals surface area (Å²) in [6, 6.07) is 13.0. The standard InChI is InChI=1S/C27H35N3O4S/c1-21(31)24-11-13-26(14-12-24)35(33,34)28-19-22-7-9-25(10-8-22)27(32)30-17-15-29(16-18-30)20-23-5-3-2-4-6-23/h7-14,23,28H,2-6,15-20H2,1H3. The summed E-state index contributed by atoms with van der Waals surface area (Å²) in [4.78, 5) is 28.9. The number of benzene rings is 2. The van der Waals surface area contributed by atoms with E-state index in [1.807, 2.05) is 4.90 Å². The van der Waals surface area contributed by atoms with E-state index in [1.165, 1.54) is 63.3 Å². The van der Waals surface area contributed by atoms with Gasteiger partial charge in [-0.2, -0.15) is 0 Å². The maximum Gasteiger partial charge on any atom is 0.253 e. The average Bonchev–Trinajstić information content (AvgIpc) is 2.88. The zero-order chi connectivity index (χ0) is 24.8. The molecule has 1 heterocycles. The van der Waals surface area contributed by atoms with Crippen molar-refractivity contribution in [3.05, 3.63) is 65.2 Å². The van der Waals surface area contributed by atoms with E-state index in [9.17, 15) is 18.0 Å². The molecule has 7 nitrogen and oxygen atoms in total. The quantitative estimate of drug-likeness (QED) is 0.562. The number of nitrogens with zero attached hydrogens (tertiary/aromatic N) is 2. The number of ketones is 1. The van der Waals surface area contributed by atoms with E-state index in [1.54, 1.807) is 24.3 Å². The van der Waals surface area contributed by atoms with Crippen LogP contribution in [0.15, 0.2) is 53.4 Å². The first kappa shape index (κ1) is 25.5. The molecule has 1 amide bonds. The van der Waals surface area contributed by atoms with Crippen LogP contribution in [0.5, 0.6) is 0 Å². The molecule has 1 saturated heterocycles. The molecule has 35 heavy (non-hydrogen) atoms. The minimum absolute atomic E-state index is 0.0278. The summed E-state index contributed by atoms with van der Waals surface area (Å²) in [5, 5.41) is 0. The maximum absolute atomic E-state index is 13.0. The van der Waals surface area contributed by atoms with Crippen LogP contribution in [-0.4, -0.2) is 62.6 Å². The van der Waals surface area contributed by atoms with E-state index in [0.29, 0.717) is 11.1 Å². The van der Waals surface area contributed by atoms with Gasteiger partial charge in [0.05, 0.1) is 4.90 Å². The molecule has 1 aliphatic carbocycles. The van der Waals surface area contributed by atoms with Gasteiger partial charge in [0.15, 0.2) is 5.78 Å². The predicted octanol–water partition coefficient (Wildman–Crippen LogP) is 3.71. The van der Waals surface area contributed by atoms with Crippen molar-refractivity contribution in [1.29, 1.82) is 0 Å². The van der Waals surface area contributed by atoms with Crippen molar-refractivity contribution in [3.8, 4) is 0 Å². The molecule has 2 aromatic carbocycles. The normalized spacial score (nSPS) is 17.9. The van der Waals surface area contributed by atoms with Gasteiger partial charge in [-0.05, 0) is 55.5 Å². The van der Waals surface area contributed by atoms with Crippen LogP contribution in [0.4, 0.5) is 0 Å². The van der Waals surface area contributed by atoms with E-state index < -0.39 is 10.0 Å². The third kappa shape index (κ3) is 6.78. The van der Waals surface area contributed by atoms with Gasteiger partial charge in [-0.1, -0.05) is 43.5 Å². The van der Waals surface area contributed by atoms with Crippen LogP contribution in [0, 0.1) is 5.92 Å². The van der Waals surface area contributed by atoms with Crippen molar-refractivity contribution < 1.29 is 18.0 Å². The number of nitrogens with one attached hydrogen (secondary N) is 1. The predicted molar refractivity (Wildman–Crippen MR) is 136 cm³/mol. The molecule has 2 fully saturated rings. The van der Waals surface area contributed by atoms with Gasteiger partial charge in [0, 0.05) is 50.4 Å². The van der Waals surface area contributed by atoms with E-state index in [2.05, 4.69) is 9.62 Å². The smallest absolute Gasteiger partial charge is 0.253 e. The van der Waals surface area contributed by atoms with Crippen molar-refractivity contribution in [3.63, 3.8) is 0 Å². The first-order chi connectivity index (χ1) is 16.8. The Morgan fingerprint density at radius 1 is 0.857 bits per heavy atom. The van der Waals surface area contributed by atoms with Crippen LogP contribution in [-0.2, 0) is 16.6 Å². The zero-order valence-electron chi connectivity index (χ0n) is 20.4. The Balaban J connectivity index is 1.26. The van der Waals surface area contributed by atoms with Crippen LogP contribution in [0.2, 0.25) is 0 Å². The van der Waals surface area contributed by atoms with E-state index in [-0.39, 0.29) is 23.1 Å². The van der Waals surface area contributed by atoms with Gasteiger partial charge < -0.3 is 4.90 Å². The fourth-order valence-corrected chi connectivity index (χ4v) is 5.96. The number of hydrogen-bond acceptors (Lipinski definition) is 5. The van der Waals surface area contributed by atoms with Crippen molar-refractivity contribution in [1.82, 2.24) is 14.5 Å². The minimum atomic E-state index is -3.70. The van der Waals surface area contributed by atoms with Gasteiger partial charge in [0.1, 0.15) is 0 Å². The van der Waals surface area contributed by atoms with Gasteiger partial charge in [0.2, 0.25) is 10.0 Å². The summed E-state index contributed by atoms with van der Waals surface area (Å²) < 4.78 is 27.7. The lowest BCUT2D eigenvalue weighted by atomic mass is 9.89. The molecule has 2 aliphatic rings. The Labute approximate surface area is 208 Å². The molecule has 0 radical (unpaired) electrons. The molecule has 188 valence electrons. The fraction of sp³-hybridized carbons (Fsp3) is 0.481. The second-order valence-electron chi connectivity index (χ2n) is 9.70. The molecule has 0 bridgehead atoms. The maximum atomic E-state index is 13.0. The summed E-state index contributed by atoms with van der Waals surface area (Å²) in [7, 11) is -3.70. The molecule has 0 atom stereocenters. The summed E-state index contributed by atoms with van der Waals surface area (Å²) in [6.07, 6.45) is 6.77. The first-order valence-corrected chi connectivity index (χ1v) is 14.0. The second kappa shape index (κ2) is 11.5. The van der Waals surface area contributed by atoms with E-state index in [4.69, 9.17) is 0 Å². The number of carbonyl (C=O) groups is 2. The fourth-order valence-electron chi connectivity index (χ4n) is 4.95. The zero-order valence-corrected chi connectivity index (χ0v) is 21.2. The molecule has 8 heteroatoms. The Kier molecular flexibility index (Phi) is 8.36. The average molecular weight is 498 g/mol. The van der Waals surface area contributed by atoms with Crippen molar-refractivity contribution in [2.24, 2.45) is 5.92 Å². The molecular weight excluding hydrogens is 462 g/mol. The third-order valence-corrected chi connectivity index (χ3v) is 8.56. The van der Waals surface area contributed by atoms with Gasteiger partial charge in [-0.15, -0.1) is 0 Å². The van der Waals surface area contributed by atoms with E-state index in [0.717, 1.165) is 44.2 Å². The number of carbonyl (C=O) groups excluding carboxylic acids is 2. The van der Waals surface area contributed by atoms with Crippen LogP contribution in [0.25, 0.3) is 0 Å². The Morgan fingerprint density at radius 3 is 2.06 bits per heavy atom. The third-order valence-electron chi connectivity index (χ3n) is 7.14. The van der Waals surface area contributed by atoms with Crippen LogP contribution < -0.4 is 4.72 Å². The minimum Gasteiger partial charge on any atom is -0.336 e. The number of Topliss-reactive ketones (excluding diaryl/α,β-unsaturated/α-hetero) is 1. The highest BCUT2D eigenvalue weighted by atomic mass is 32.2. The van der Waals surface area contributed by atoms with Crippen LogP contribution >= 0.6 is 0 Å². The molecule has 1 N–H and O–H groups in total. The molecule has 1 aliphatic heterocycles. The highest BCUT2D eigenvalue weighted by Crippen LogP contribution is 2.25. The second-order valence-corrected chi connectivity index (χ2v) is 11.5. The lowest BCUT2D eigenvalue weighted by molar-refractivity contribution is 0.0606. The molecule has 1 saturated carbocycles. The van der Waals surface area contributed by atoms with Gasteiger partial charge in [-0.25, -0.2) is 13.1 Å². The Hall–Kier alpha value is -2.55. The summed E-state index contributed by atoms with van der Waals surface area (Å²) in [6.45, 7) is 6.06. The van der Waals surface area contributed by atoms with E-state index >= 15 is 0 Å². The largest absolute Gasteiger partial charge is 0.336 e. The van der Waals surface area contributed by atoms with Crippen LogP contribution in [0.1, 0.15) is 65.3 Å².